The van der Waals surface area contributed by atoms with E-state index in [-0.39, 0.29) is 0 Å². The zero-order chi connectivity index (χ0) is 14.1. The highest BCUT2D eigenvalue weighted by molar-refractivity contribution is 7.99. The van der Waals surface area contributed by atoms with Gasteiger partial charge in [0.05, 0.1) is 5.52 Å². The Morgan fingerprint density at radius 2 is 1.80 bits per heavy atom. The Balaban J connectivity index is 2.04. The molecule has 0 bridgehead atoms. The molecule has 0 amide bonds. The van der Waals surface area contributed by atoms with E-state index in [1.165, 1.54) is 16.0 Å². The van der Waals surface area contributed by atoms with Gasteiger partial charge in [-0.1, -0.05) is 17.8 Å². The highest BCUT2D eigenvalue weighted by atomic mass is 32.2. The predicted molar refractivity (Wildman–Crippen MR) is 84.0 cm³/mol. The first kappa shape index (κ1) is 12.9. The summed E-state index contributed by atoms with van der Waals surface area (Å²) in [7, 11) is 0. The summed E-state index contributed by atoms with van der Waals surface area (Å²) < 4.78 is 0. The van der Waals surface area contributed by atoms with Crippen LogP contribution in [0.5, 0.6) is 0 Å². The van der Waals surface area contributed by atoms with Crippen LogP contribution < -0.4 is 5.73 Å². The molecule has 0 spiro atoms. The second-order valence-corrected chi connectivity index (χ2v) is 5.87. The van der Waals surface area contributed by atoms with Crippen molar-refractivity contribution in [2.75, 3.05) is 5.73 Å². The summed E-state index contributed by atoms with van der Waals surface area (Å²) in [4.78, 5) is 9.85. The molecule has 1 heterocycles. The molecule has 0 aliphatic carbocycles. The number of fused-ring (bicyclic) bond motifs is 1. The summed E-state index contributed by atoms with van der Waals surface area (Å²) in [5, 5.41) is 1.99. The molecule has 20 heavy (non-hydrogen) atoms. The van der Waals surface area contributed by atoms with Gasteiger partial charge in [-0.05, 0) is 55.3 Å². The first-order valence-corrected chi connectivity index (χ1v) is 7.20. The lowest BCUT2D eigenvalue weighted by Gasteiger charge is -2.07. The SMILES string of the molecule is Cc1ccc(Sc2ncnc3cc(N)ccc23)cc1C. The molecular formula is C16H15N3S. The minimum absolute atomic E-state index is 0.721. The quantitative estimate of drug-likeness (QED) is 0.570. The average molecular weight is 281 g/mol. The lowest BCUT2D eigenvalue weighted by atomic mass is 10.1. The van der Waals surface area contributed by atoms with Crippen LogP contribution in [0.25, 0.3) is 10.9 Å². The number of benzene rings is 2. The lowest BCUT2D eigenvalue weighted by Crippen LogP contribution is -1.90. The molecule has 0 fully saturated rings. The summed E-state index contributed by atoms with van der Waals surface area (Å²) in [6.07, 6.45) is 1.59. The van der Waals surface area contributed by atoms with Gasteiger partial charge in [0.15, 0.2) is 0 Å². The van der Waals surface area contributed by atoms with Gasteiger partial charge in [0.2, 0.25) is 0 Å². The number of aromatic nitrogens is 2. The Bertz CT molecular complexity index is 784. The molecule has 1 aromatic heterocycles. The molecule has 0 unspecified atom stereocenters. The van der Waals surface area contributed by atoms with Crippen molar-refractivity contribution < 1.29 is 0 Å². The summed E-state index contributed by atoms with van der Waals surface area (Å²) in [6, 6.07) is 12.2. The Kier molecular flexibility index (Phi) is 3.32. The first-order valence-electron chi connectivity index (χ1n) is 6.39. The molecular weight excluding hydrogens is 266 g/mol. The third kappa shape index (κ3) is 2.47. The molecule has 100 valence electrons. The maximum Gasteiger partial charge on any atom is 0.117 e. The van der Waals surface area contributed by atoms with E-state index in [9.17, 15) is 0 Å². The molecule has 2 aromatic carbocycles. The molecule has 2 N–H and O–H groups in total. The van der Waals surface area contributed by atoms with Crippen LogP contribution in [0, 0.1) is 13.8 Å². The molecule has 0 saturated heterocycles. The number of nitrogen functional groups attached to an aromatic ring is 1. The van der Waals surface area contributed by atoms with Gasteiger partial charge in [-0.2, -0.15) is 0 Å². The molecule has 4 heteroatoms. The van der Waals surface area contributed by atoms with Crippen LogP contribution >= 0.6 is 11.8 Å². The maximum absolute atomic E-state index is 5.80. The lowest BCUT2D eigenvalue weighted by molar-refractivity contribution is 1.10. The van der Waals surface area contributed by atoms with Gasteiger partial charge in [-0.25, -0.2) is 9.97 Å². The van der Waals surface area contributed by atoms with Crippen LogP contribution in [-0.2, 0) is 0 Å². The predicted octanol–water partition coefficient (Wildman–Crippen LogP) is 3.98. The Morgan fingerprint density at radius 3 is 2.60 bits per heavy atom. The Hall–Kier alpha value is -2.07. The normalized spacial score (nSPS) is 10.9. The summed E-state index contributed by atoms with van der Waals surface area (Å²) in [6.45, 7) is 4.24. The zero-order valence-electron chi connectivity index (χ0n) is 11.4. The van der Waals surface area contributed by atoms with E-state index in [2.05, 4.69) is 42.0 Å². The summed E-state index contributed by atoms with van der Waals surface area (Å²) in [5.41, 5.74) is 9.99. The van der Waals surface area contributed by atoms with Gasteiger partial charge in [-0.3, -0.25) is 0 Å². The number of hydrogen-bond donors (Lipinski definition) is 1. The molecule has 0 saturated carbocycles. The van der Waals surface area contributed by atoms with Crippen LogP contribution in [0.2, 0.25) is 0 Å². The molecule has 0 aliphatic rings. The fourth-order valence-electron chi connectivity index (χ4n) is 2.02. The second kappa shape index (κ2) is 5.13. The zero-order valence-corrected chi connectivity index (χ0v) is 12.2. The van der Waals surface area contributed by atoms with Crippen LogP contribution in [-0.4, -0.2) is 9.97 Å². The number of hydrogen-bond acceptors (Lipinski definition) is 4. The van der Waals surface area contributed by atoms with Crippen molar-refractivity contribution >= 4 is 28.4 Å². The Morgan fingerprint density at radius 1 is 0.950 bits per heavy atom. The van der Waals surface area contributed by atoms with E-state index >= 15 is 0 Å². The van der Waals surface area contributed by atoms with Gasteiger partial charge >= 0.3 is 0 Å². The van der Waals surface area contributed by atoms with E-state index in [1.54, 1.807) is 18.1 Å². The van der Waals surface area contributed by atoms with Gasteiger partial charge < -0.3 is 5.73 Å². The van der Waals surface area contributed by atoms with E-state index in [4.69, 9.17) is 5.73 Å². The molecule has 3 rings (SSSR count). The first-order chi connectivity index (χ1) is 9.63. The molecule has 0 radical (unpaired) electrons. The number of nitrogens with zero attached hydrogens (tertiary/aromatic N) is 2. The van der Waals surface area contributed by atoms with Crippen molar-refractivity contribution in [2.45, 2.75) is 23.8 Å². The fraction of sp³-hybridized carbons (Fsp3) is 0.125. The van der Waals surface area contributed by atoms with Gasteiger partial charge in [0.1, 0.15) is 11.4 Å². The number of rotatable bonds is 2. The van der Waals surface area contributed by atoms with Crippen molar-refractivity contribution in [1.82, 2.24) is 9.97 Å². The number of nitrogens with two attached hydrogens (primary N) is 1. The topological polar surface area (TPSA) is 51.8 Å². The third-order valence-electron chi connectivity index (χ3n) is 3.32. The van der Waals surface area contributed by atoms with Crippen molar-refractivity contribution in [3.63, 3.8) is 0 Å². The van der Waals surface area contributed by atoms with Crippen LogP contribution in [0.3, 0.4) is 0 Å². The van der Waals surface area contributed by atoms with Crippen molar-refractivity contribution in [3.8, 4) is 0 Å². The van der Waals surface area contributed by atoms with Crippen LogP contribution in [0.15, 0.2) is 52.6 Å². The highest BCUT2D eigenvalue weighted by Gasteiger charge is 2.06. The van der Waals surface area contributed by atoms with Gasteiger partial charge in [-0.15, -0.1) is 0 Å². The second-order valence-electron chi connectivity index (χ2n) is 4.80. The largest absolute Gasteiger partial charge is 0.399 e. The smallest absolute Gasteiger partial charge is 0.117 e. The average Bonchev–Trinajstić information content (AvgIpc) is 2.43. The summed E-state index contributed by atoms with van der Waals surface area (Å²) >= 11 is 1.65. The van der Waals surface area contributed by atoms with Crippen LogP contribution in [0.1, 0.15) is 11.1 Å². The van der Waals surface area contributed by atoms with Crippen molar-refractivity contribution in [3.05, 3.63) is 53.9 Å². The van der Waals surface area contributed by atoms with E-state index < -0.39 is 0 Å². The van der Waals surface area contributed by atoms with Crippen LogP contribution in [0.4, 0.5) is 5.69 Å². The highest BCUT2D eigenvalue weighted by Crippen LogP contribution is 2.32. The minimum Gasteiger partial charge on any atom is -0.399 e. The van der Waals surface area contributed by atoms with E-state index in [1.807, 2.05) is 18.2 Å². The van der Waals surface area contributed by atoms with E-state index in [0.29, 0.717) is 0 Å². The molecule has 0 atom stereocenters. The van der Waals surface area contributed by atoms with E-state index in [0.717, 1.165) is 21.6 Å². The minimum atomic E-state index is 0.721. The Labute approximate surface area is 122 Å². The standard InChI is InChI=1S/C16H15N3S/c1-10-3-5-13(7-11(10)2)20-16-14-6-4-12(17)8-15(14)18-9-19-16/h3-9H,17H2,1-2H3. The molecule has 3 nitrogen and oxygen atoms in total. The fourth-order valence-corrected chi connectivity index (χ4v) is 3.00. The van der Waals surface area contributed by atoms with Gasteiger partial charge in [0, 0.05) is 16.0 Å². The number of aryl methyl sites for hydroxylation is 2. The van der Waals surface area contributed by atoms with Crippen molar-refractivity contribution in [2.24, 2.45) is 0 Å². The van der Waals surface area contributed by atoms with Gasteiger partial charge in [0.25, 0.3) is 0 Å². The monoisotopic (exact) mass is 281 g/mol. The molecule has 3 aromatic rings. The third-order valence-corrected chi connectivity index (χ3v) is 4.33. The summed E-state index contributed by atoms with van der Waals surface area (Å²) in [5.74, 6) is 0. The maximum atomic E-state index is 5.80. The molecule has 0 aliphatic heterocycles. The van der Waals surface area contributed by atoms with Crippen molar-refractivity contribution in [1.29, 1.82) is 0 Å². The number of anilines is 1.